The average Bonchev–Trinajstić information content (AvgIpc) is 3.24. The highest BCUT2D eigenvalue weighted by atomic mass is 16.5. The van der Waals surface area contributed by atoms with Gasteiger partial charge in [-0.2, -0.15) is 0 Å². The second-order valence-electron chi connectivity index (χ2n) is 8.74. The smallest absolute Gasteiger partial charge is 0.259 e. The number of nitrogens with zero attached hydrogens (tertiary/aromatic N) is 2. The lowest BCUT2D eigenvalue weighted by Gasteiger charge is -2.22. The summed E-state index contributed by atoms with van der Waals surface area (Å²) in [6.07, 6.45) is 12.9. The molecule has 2 fully saturated rings. The Kier molecular flexibility index (Phi) is 8.69. The van der Waals surface area contributed by atoms with Crippen molar-refractivity contribution in [3.8, 4) is 0 Å². The van der Waals surface area contributed by atoms with Crippen molar-refractivity contribution in [3.05, 3.63) is 33.7 Å². The summed E-state index contributed by atoms with van der Waals surface area (Å²) in [4.78, 5) is 40.9. The fraction of sp³-hybridized carbons (Fsp3) is 0.708. The van der Waals surface area contributed by atoms with E-state index in [1.807, 2.05) is 13.8 Å². The van der Waals surface area contributed by atoms with Crippen LogP contribution in [0.25, 0.3) is 0 Å². The predicted octanol–water partition coefficient (Wildman–Crippen LogP) is 3.35. The first-order valence-corrected chi connectivity index (χ1v) is 12.0. The molecule has 2 amide bonds. The zero-order chi connectivity index (χ0) is 22.2. The minimum atomic E-state index is -0.483. The van der Waals surface area contributed by atoms with E-state index in [0.717, 1.165) is 45.1 Å². The molecule has 3 rings (SSSR count). The van der Waals surface area contributed by atoms with Gasteiger partial charge in [-0.3, -0.25) is 14.4 Å². The van der Waals surface area contributed by atoms with Crippen LogP contribution in [0.5, 0.6) is 0 Å². The lowest BCUT2D eigenvalue weighted by atomic mass is 9.96. The Morgan fingerprint density at radius 2 is 1.65 bits per heavy atom. The zero-order valence-electron chi connectivity index (χ0n) is 19.0. The van der Waals surface area contributed by atoms with Crippen molar-refractivity contribution in [2.75, 3.05) is 19.7 Å². The maximum atomic E-state index is 13.2. The van der Waals surface area contributed by atoms with Crippen molar-refractivity contribution in [1.29, 1.82) is 0 Å². The fourth-order valence-electron chi connectivity index (χ4n) is 4.62. The third-order valence-electron chi connectivity index (χ3n) is 6.48. The molecule has 0 spiro atoms. The Balaban J connectivity index is 1.88. The molecule has 1 aromatic heterocycles. The van der Waals surface area contributed by atoms with Gasteiger partial charge in [0.15, 0.2) is 0 Å². The number of aromatic nitrogens is 1. The predicted molar refractivity (Wildman–Crippen MR) is 121 cm³/mol. The van der Waals surface area contributed by atoms with Gasteiger partial charge < -0.3 is 19.5 Å². The van der Waals surface area contributed by atoms with E-state index < -0.39 is 5.43 Å². The van der Waals surface area contributed by atoms with Gasteiger partial charge in [0.2, 0.25) is 5.43 Å². The summed E-state index contributed by atoms with van der Waals surface area (Å²) in [6, 6.07) is 0.0842. The van der Waals surface area contributed by atoms with Gasteiger partial charge >= 0.3 is 0 Å². The number of ether oxygens (including phenoxy) is 1. The molecule has 1 aliphatic carbocycles. The molecule has 0 unspecified atom stereocenters. The summed E-state index contributed by atoms with van der Waals surface area (Å²) in [5, 5.41) is 3.08. The molecule has 1 aromatic rings. The molecule has 1 N–H and O–H groups in total. The number of hydrogen-bond acceptors (Lipinski definition) is 4. The second kappa shape index (κ2) is 11.5. The van der Waals surface area contributed by atoms with E-state index >= 15 is 0 Å². The van der Waals surface area contributed by atoms with E-state index in [1.165, 1.54) is 19.3 Å². The van der Waals surface area contributed by atoms with Crippen LogP contribution in [0.3, 0.4) is 0 Å². The molecule has 0 radical (unpaired) electrons. The van der Waals surface area contributed by atoms with Gasteiger partial charge in [-0.25, -0.2) is 0 Å². The maximum Gasteiger partial charge on any atom is 0.259 e. The van der Waals surface area contributed by atoms with Crippen LogP contribution in [-0.4, -0.2) is 53.1 Å². The van der Waals surface area contributed by atoms with Crippen LogP contribution in [-0.2, 0) is 11.3 Å². The van der Waals surface area contributed by atoms with Crippen molar-refractivity contribution in [1.82, 2.24) is 14.8 Å². The standard InChI is InChI=1S/C24H37N3O4/c1-3-27(4-2)24(30)21-17-26(15-19-13-10-14-31-19)16-20(22(21)28)23(29)25-18-11-8-6-5-7-9-12-18/h16-19H,3-15H2,1-2H3,(H,25,29)/t19-/m1/s1. The Bertz CT molecular complexity index is 802. The van der Waals surface area contributed by atoms with Crippen LogP contribution in [0.1, 0.15) is 92.4 Å². The highest BCUT2D eigenvalue weighted by Gasteiger charge is 2.25. The average molecular weight is 432 g/mol. The third-order valence-corrected chi connectivity index (χ3v) is 6.48. The minimum absolute atomic E-state index is 0.0421. The SMILES string of the molecule is CCN(CC)C(=O)c1cn(C[C@H]2CCCO2)cc(C(=O)NC2CCCCCCC2)c1=O. The Morgan fingerprint density at radius 3 is 2.26 bits per heavy atom. The topological polar surface area (TPSA) is 80.6 Å². The summed E-state index contributed by atoms with van der Waals surface area (Å²) >= 11 is 0. The largest absolute Gasteiger partial charge is 0.376 e. The van der Waals surface area contributed by atoms with Crippen molar-refractivity contribution < 1.29 is 14.3 Å². The van der Waals surface area contributed by atoms with Crippen LogP contribution >= 0.6 is 0 Å². The van der Waals surface area contributed by atoms with Crippen LogP contribution in [0.4, 0.5) is 0 Å². The molecule has 2 heterocycles. The van der Waals surface area contributed by atoms with E-state index in [0.29, 0.717) is 19.6 Å². The van der Waals surface area contributed by atoms with Crippen LogP contribution in [0, 0.1) is 0 Å². The lowest BCUT2D eigenvalue weighted by Crippen LogP contribution is -2.41. The summed E-state index contributed by atoms with van der Waals surface area (Å²) in [5.74, 6) is -0.692. The van der Waals surface area contributed by atoms with Crippen molar-refractivity contribution >= 4 is 11.8 Å². The number of amides is 2. The van der Waals surface area contributed by atoms with Gasteiger partial charge in [-0.1, -0.05) is 32.1 Å². The summed E-state index contributed by atoms with van der Waals surface area (Å²) < 4.78 is 7.52. The van der Waals surface area contributed by atoms with Gasteiger partial charge in [-0.05, 0) is 39.5 Å². The van der Waals surface area contributed by atoms with Crippen LogP contribution in [0.15, 0.2) is 17.2 Å². The molecule has 7 heteroatoms. The molecule has 1 saturated heterocycles. The van der Waals surface area contributed by atoms with Gasteiger partial charge in [-0.15, -0.1) is 0 Å². The van der Waals surface area contributed by atoms with Gasteiger partial charge in [0.25, 0.3) is 11.8 Å². The Hall–Kier alpha value is -2.15. The van der Waals surface area contributed by atoms with Crippen molar-refractivity contribution in [3.63, 3.8) is 0 Å². The number of hydrogen-bond donors (Lipinski definition) is 1. The van der Waals surface area contributed by atoms with Crippen molar-refractivity contribution in [2.24, 2.45) is 0 Å². The van der Waals surface area contributed by atoms with E-state index in [2.05, 4.69) is 5.32 Å². The second-order valence-corrected chi connectivity index (χ2v) is 8.74. The summed E-state index contributed by atoms with van der Waals surface area (Å²) in [7, 11) is 0. The Labute approximate surface area is 185 Å². The van der Waals surface area contributed by atoms with E-state index in [4.69, 9.17) is 4.74 Å². The molecule has 7 nitrogen and oxygen atoms in total. The number of nitrogens with one attached hydrogen (secondary N) is 1. The normalized spacial score (nSPS) is 20.1. The molecule has 1 aliphatic heterocycles. The van der Waals surface area contributed by atoms with Gasteiger partial charge in [0.1, 0.15) is 11.1 Å². The van der Waals surface area contributed by atoms with Gasteiger partial charge in [0, 0.05) is 44.7 Å². The fourth-order valence-corrected chi connectivity index (χ4v) is 4.62. The molecule has 0 aromatic carbocycles. The Morgan fingerprint density at radius 1 is 1.00 bits per heavy atom. The first kappa shape index (κ1) is 23.5. The number of carbonyl (C=O) groups excluding carboxylic acids is 2. The third kappa shape index (κ3) is 6.19. The van der Waals surface area contributed by atoms with E-state index in [1.54, 1.807) is 21.9 Å². The highest BCUT2D eigenvalue weighted by molar-refractivity contribution is 5.99. The lowest BCUT2D eigenvalue weighted by molar-refractivity contribution is 0.0767. The molecular weight excluding hydrogens is 394 g/mol. The van der Waals surface area contributed by atoms with Gasteiger partial charge in [0.05, 0.1) is 6.10 Å². The molecule has 0 bridgehead atoms. The molecule has 172 valence electrons. The molecular formula is C24H37N3O4. The van der Waals surface area contributed by atoms with Crippen LogP contribution < -0.4 is 10.7 Å². The summed E-state index contributed by atoms with van der Waals surface area (Å²) in [6.45, 7) is 6.06. The monoisotopic (exact) mass is 431 g/mol. The maximum absolute atomic E-state index is 13.2. The first-order chi connectivity index (χ1) is 15.0. The first-order valence-electron chi connectivity index (χ1n) is 12.0. The number of pyridine rings is 1. The number of rotatable bonds is 7. The van der Waals surface area contributed by atoms with E-state index in [-0.39, 0.29) is 35.1 Å². The quantitative estimate of drug-likeness (QED) is 0.718. The van der Waals surface area contributed by atoms with E-state index in [9.17, 15) is 14.4 Å². The minimum Gasteiger partial charge on any atom is -0.376 e. The zero-order valence-corrected chi connectivity index (χ0v) is 19.0. The number of carbonyl (C=O) groups is 2. The molecule has 2 aliphatic rings. The highest BCUT2D eigenvalue weighted by Crippen LogP contribution is 2.18. The molecule has 1 saturated carbocycles. The molecule has 1 atom stereocenters. The van der Waals surface area contributed by atoms with Crippen molar-refractivity contribution in [2.45, 2.75) is 90.3 Å². The molecule has 31 heavy (non-hydrogen) atoms. The summed E-state index contributed by atoms with van der Waals surface area (Å²) in [5.41, 5.74) is -0.367. The van der Waals surface area contributed by atoms with Crippen LogP contribution in [0.2, 0.25) is 0 Å².